The number of likely N-dealkylation sites (tertiary alicyclic amines) is 1. The molecule has 0 saturated carbocycles. The van der Waals surface area contributed by atoms with Crippen LogP contribution in [-0.2, 0) is 9.53 Å². The number of benzene rings is 1. The van der Waals surface area contributed by atoms with E-state index < -0.39 is 6.04 Å². The first kappa shape index (κ1) is 15.2. The summed E-state index contributed by atoms with van der Waals surface area (Å²) >= 11 is 0. The molecule has 8 nitrogen and oxygen atoms in total. The SMILES string of the molecule is O=C(C(c1ccccc1)n1cnnn1)N1CC(N2CCOCC2)C1. The third-order valence-corrected chi connectivity index (χ3v) is 4.71. The molecule has 24 heavy (non-hydrogen) atoms. The fraction of sp³-hybridized carbons (Fsp3) is 0.500. The zero-order valence-electron chi connectivity index (χ0n) is 13.4. The highest BCUT2D eigenvalue weighted by Crippen LogP contribution is 2.24. The molecule has 1 aromatic carbocycles. The summed E-state index contributed by atoms with van der Waals surface area (Å²) < 4.78 is 6.92. The molecule has 0 radical (unpaired) electrons. The molecule has 0 bridgehead atoms. The molecule has 0 N–H and O–H groups in total. The maximum absolute atomic E-state index is 13.0. The number of ether oxygens (including phenoxy) is 1. The van der Waals surface area contributed by atoms with Crippen molar-refractivity contribution in [2.45, 2.75) is 12.1 Å². The molecule has 4 rings (SSSR count). The molecule has 1 amide bonds. The predicted octanol–water partition coefficient (Wildman–Crippen LogP) is -0.194. The number of rotatable bonds is 4. The molecule has 3 heterocycles. The predicted molar refractivity (Wildman–Crippen MR) is 85.2 cm³/mol. The molecule has 0 spiro atoms. The Balaban J connectivity index is 1.47. The maximum Gasteiger partial charge on any atom is 0.252 e. The lowest BCUT2D eigenvalue weighted by Crippen LogP contribution is -2.63. The van der Waals surface area contributed by atoms with Crippen LogP contribution in [0.3, 0.4) is 0 Å². The lowest BCUT2D eigenvalue weighted by atomic mass is 10.0. The van der Waals surface area contributed by atoms with Crippen LogP contribution in [0, 0.1) is 0 Å². The van der Waals surface area contributed by atoms with Crippen LogP contribution >= 0.6 is 0 Å². The van der Waals surface area contributed by atoms with Crippen LogP contribution in [0.15, 0.2) is 36.7 Å². The second-order valence-corrected chi connectivity index (χ2v) is 6.15. The number of aromatic nitrogens is 4. The number of nitrogens with zero attached hydrogens (tertiary/aromatic N) is 6. The van der Waals surface area contributed by atoms with Crippen molar-refractivity contribution in [3.05, 3.63) is 42.2 Å². The molecule has 2 saturated heterocycles. The Bertz CT molecular complexity index is 665. The third kappa shape index (κ3) is 2.90. The summed E-state index contributed by atoms with van der Waals surface area (Å²) in [6, 6.07) is 9.57. The molecule has 126 valence electrons. The Morgan fingerprint density at radius 2 is 1.92 bits per heavy atom. The monoisotopic (exact) mass is 328 g/mol. The fourth-order valence-corrected chi connectivity index (χ4v) is 3.31. The van der Waals surface area contributed by atoms with Gasteiger partial charge in [0.1, 0.15) is 6.33 Å². The summed E-state index contributed by atoms with van der Waals surface area (Å²) in [5.74, 6) is 0.0398. The van der Waals surface area contributed by atoms with Gasteiger partial charge in [-0.05, 0) is 16.0 Å². The molecular weight excluding hydrogens is 308 g/mol. The number of hydrogen-bond acceptors (Lipinski definition) is 6. The molecule has 1 aromatic heterocycles. The van der Waals surface area contributed by atoms with Gasteiger partial charge in [0.25, 0.3) is 5.91 Å². The van der Waals surface area contributed by atoms with E-state index in [1.54, 1.807) is 0 Å². The molecular formula is C16H20N6O2. The number of carbonyl (C=O) groups excluding carboxylic acids is 1. The van der Waals surface area contributed by atoms with Gasteiger partial charge in [0, 0.05) is 32.2 Å². The van der Waals surface area contributed by atoms with Crippen LogP contribution in [0.2, 0.25) is 0 Å². The van der Waals surface area contributed by atoms with Crippen molar-refractivity contribution in [2.24, 2.45) is 0 Å². The van der Waals surface area contributed by atoms with Gasteiger partial charge in [-0.25, -0.2) is 4.68 Å². The van der Waals surface area contributed by atoms with Crippen molar-refractivity contribution in [3.63, 3.8) is 0 Å². The van der Waals surface area contributed by atoms with E-state index in [9.17, 15) is 4.79 Å². The smallest absolute Gasteiger partial charge is 0.252 e. The molecule has 1 unspecified atom stereocenters. The van der Waals surface area contributed by atoms with E-state index in [2.05, 4.69) is 20.4 Å². The molecule has 2 fully saturated rings. The molecule has 1 atom stereocenters. The first-order valence-corrected chi connectivity index (χ1v) is 8.21. The Kier molecular flexibility index (Phi) is 4.22. The van der Waals surface area contributed by atoms with Crippen LogP contribution in [0.4, 0.5) is 0 Å². The summed E-state index contributed by atoms with van der Waals surface area (Å²) in [7, 11) is 0. The van der Waals surface area contributed by atoms with Gasteiger partial charge in [0.05, 0.1) is 13.2 Å². The highest BCUT2D eigenvalue weighted by atomic mass is 16.5. The van der Waals surface area contributed by atoms with Gasteiger partial charge in [-0.3, -0.25) is 9.69 Å². The average molecular weight is 328 g/mol. The Morgan fingerprint density at radius 3 is 2.58 bits per heavy atom. The van der Waals surface area contributed by atoms with E-state index in [0.29, 0.717) is 6.04 Å². The molecule has 2 aliphatic heterocycles. The highest BCUT2D eigenvalue weighted by molar-refractivity contribution is 5.84. The minimum Gasteiger partial charge on any atom is -0.379 e. The van der Waals surface area contributed by atoms with Crippen molar-refractivity contribution in [1.82, 2.24) is 30.0 Å². The number of carbonyl (C=O) groups is 1. The van der Waals surface area contributed by atoms with E-state index in [-0.39, 0.29) is 5.91 Å². The van der Waals surface area contributed by atoms with Crippen LogP contribution in [0.1, 0.15) is 11.6 Å². The lowest BCUT2D eigenvalue weighted by Gasteiger charge is -2.47. The van der Waals surface area contributed by atoms with E-state index >= 15 is 0 Å². The largest absolute Gasteiger partial charge is 0.379 e. The van der Waals surface area contributed by atoms with Gasteiger partial charge >= 0.3 is 0 Å². The van der Waals surface area contributed by atoms with Crippen molar-refractivity contribution in [2.75, 3.05) is 39.4 Å². The number of tetrazole rings is 1. The number of amides is 1. The average Bonchev–Trinajstić information content (AvgIpc) is 3.10. The Labute approximate surface area is 140 Å². The van der Waals surface area contributed by atoms with Crippen molar-refractivity contribution < 1.29 is 9.53 Å². The van der Waals surface area contributed by atoms with Crippen molar-refractivity contribution in [3.8, 4) is 0 Å². The Morgan fingerprint density at radius 1 is 1.17 bits per heavy atom. The van der Waals surface area contributed by atoms with Crippen molar-refractivity contribution >= 4 is 5.91 Å². The standard InChI is InChI=1S/C16H20N6O2/c23-16(21-10-14(11-21)20-6-8-24-9-7-20)15(22-12-17-18-19-22)13-4-2-1-3-5-13/h1-5,12,14-15H,6-11H2. The van der Waals surface area contributed by atoms with Gasteiger partial charge in [-0.2, -0.15) is 0 Å². The van der Waals surface area contributed by atoms with E-state index in [1.807, 2.05) is 35.2 Å². The molecule has 2 aliphatic rings. The fourth-order valence-electron chi connectivity index (χ4n) is 3.31. The highest BCUT2D eigenvalue weighted by Gasteiger charge is 2.39. The minimum atomic E-state index is -0.508. The van der Waals surface area contributed by atoms with Crippen LogP contribution in [-0.4, -0.2) is 81.3 Å². The number of hydrogen-bond donors (Lipinski definition) is 0. The van der Waals surface area contributed by atoms with Gasteiger partial charge in [-0.15, -0.1) is 5.10 Å². The summed E-state index contributed by atoms with van der Waals surface area (Å²) in [5, 5.41) is 11.3. The zero-order chi connectivity index (χ0) is 16.4. The van der Waals surface area contributed by atoms with Gasteiger partial charge < -0.3 is 9.64 Å². The van der Waals surface area contributed by atoms with Crippen molar-refractivity contribution in [1.29, 1.82) is 0 Å². The van der Waals surface area contributed by atoms with Gasteiger partial charge in [0.15, 0.2) is 6.04 Å². The van der Waals surface area contributed by atoms with Gasteiger partial charge in [-0.1, -0.05) is 30.3 Å². The second-order valence-electron chi connectivity index (χ2n) is 6.15. The quantitative estimate of drug-likeness (QED) is 0.774. The van der Waals surface area contributed by atoms with Crippen LogP contribution in [0.25, 0.3) is 0 Å². The third-order valence-electron chi connectivity index (χ3n) is 4.71. The lowest BCUT2D eigenvalue weighted by molar-refractivity contribution is -0.142. The number of morpholine rings is 1. The van der Waals surface area contributed by atoms with Gasteiger partial charge in [0.2, 0.25) is 0 Å². The molecule has 2 aromatic rings. The zero-order valence-corrected chi connectivity index (χ0v) is 13.4. The summed E-state index contributed by atoms with van der Waals surface area (Å²) in [6.45, 7) is 4.96. The van der Waals surface area contributed by atoms with E-state index in [4.69, 9.17) is 4.74 Å². The maximum atomic E-state index is 13.0. The molecule has 8 heteroatoms. The molecule has 0 aliphatic carbocycles. The minimum absolute atomic E-state index is 0.0398. The van der Waals surface area contributed by atoms with Crippen LogP contribution in [0.5, 0.6) is 0 Å². The second kappa shape index (κ2) is 6.66. The van der Waals surface area contributed by atoms with E-state index in [0.717, 1.165) is 45.0 Å². The summed E-state index contributed by atoms with van der Waals surface area (Å²) in [4.78, 5) is 17.3. The topological polar surface area (TPSA) is 76.4 Å². The summed E-state index contributed by atoms with van der Waals surface area (Å²) in [6.07, 6.45) is 1.49. The Hall–Kier alpha value is -2.32. The van der Waals surface area contributed by atoms with E-state index in [1.165, 1.54) is 11.0 Å². The first-order valence-electron chi connectivity index (χ1n) is 8.21. The normalized spacial score (nSPS) is 20.6. The van der Waals surface area contributed by atoms with Crippen LogP contribution < -0.4 is 0 Å². The first-order chi connectivity index (χ1) is 11.8. The summed E-state index contributed by atoms with van der Waals surface area (Å²) in [5.41, 5.74) is 0.893.